The first-order valence-corrected chi connectivity index (χ1v) is 7.12. The zero-order valence-corrected chi connectivity index (χ0v) is 12.1. The highest BCUT2D eigenvalue weighted by Crippen LogP contribution is 2.30. The molecule has 8 nitrogen and oxygen atoms in total. The van der Waals surface area contributed by atoms with Gasteiger partial charge < -0.3 is 9.84 Å². The number of nitrogens with zero attached hydrogens (tertiary/aromatic N) is 1. The Labute approximate surface area is 131 Å². The molecule has 1 atom stereocenters. The molecule has 1 aromatic carbocycles. The number of hydrogen-bond acceptors (Lipinski definition) is 6. The largest absolute Gasteiger partial charge is 0.491 e. The fourth-order valence-corrected chi connectivity index (χ4v) is 2.70. The third kappa shape index (κ3) is 2.57. The number of rotatable bonds is 4. The first-order valence-electron chi connectivity index (χ1n) is 7.12. The number of aliphatic hydroxyl groups excluding tert-OH is 1. The fraction of sp³-hybridized carbons (Fsp3) is 0.333. The lowest BCUT2D eigenvalue weighted by Crippen LogP contribution is -2.54. The van der Waals surface area contributed by atoms with Gasteiger partial charge in [0.1, 0.15) is 18.4 Å². The summed E-state index contributed by atoms with van der Waals surface area (Å²) in [6, 6.07) is 3.40. The Morgan fingerprint density at radius 2 is 1.91 bits per heavy atom. The number of aliphatic hydroxyl groups is 1. The number of nitrogens with one attached hydrogen (secondary N) is 1. The molecule has 120 valence electrons. The SMILES string of the molecule is O=C1CCC(N2C(=O)c3ccc(OCCO)cc3C2=O)C(=O)N1. The maximum atomic E-state index is 12.5. The number of hydrogen-bond donors (Lipinski definition) is 2. The average molecular weight is 318 g/mol. The summed E-state index contributed by atoms with van der Waals surface area (Å²) in [6.45, 7) is -0.107. The maximum absolute atomic E-state index is 12.5. The monoisotopic (exact) mass is 318 g/mol. The third-order valence-electron chi connectivity index (χ3n) is 3.77. The summed E-state index contributed by atoms with van der Waals surface area (Å²) in [5, 5.41) is 10.9. The van der Waals surface area contributed by atoms with E-state index in [2.05, 4.69) is 5.32 Å². The number of ether oxygens (including phenoxy) is 1. The molecule has 3 rings (SSSR count). The van der Waals surface area contributed by atoms with Crippen LogP contribution in [0.3, 0.4) is 0 Å². The molecule has 1 unspecified atom stereocenters. The second kappa shape index (κ2) is 5.81. The van der Waals surface area contributed by atoms with E-state index in [0.29, 0.717) is 5.75 Å². The van der Waals surface area contributed by atoms with Crippen LogP contribution in [-0.2, 0) is 9.59 Å². The number of imide groups is 2. The molecule has 2 aliphatic rings. The van der Waals surface area contributed by atoms with E-state index in [4.69, 9.17) is 9.84 Å². The highest BCUT2D eigenvalue weighted by atomic mass is 16.5. The predicted molar refractivity (Wildman–Crippen MR) is 75.7 cm³/mol. The number of carbonyl (C=O) groups is 4. The standard InChI is InChI=1S/C15H14N2O6/c18-5-6-23-8-1-2-9-10(7-8)15(22)17(14(9)21)11-3-4-12(19)16-13(11)20/h1-2,7,11,18H,3-6H2,(H,16,19,20). The van der Waals surface area contributed by atoms with Crippen molar-refractivity contribution in [3.8, 4) is 5.75 Å². The molecule has 0 aromatic heterocycles. The molecule has 0 aliphatic carbocycles. The highest BCUT2D eigenvalue weighted by Gasteiger charge is 2.44. The van der Waals surface area contributed by atoms with Gasteiger partial charge in [-0.1, -0.05) is 0 Å². The van der Waals surface area contributed by atoms with E-state index in [1.54, 1.807) is 0 Å². The fourth-order valence-electron chi connectivity index (χ4n) is 2.70. The lowest BCUT2D eigenvalue weighted by Gasteiger charge is -2.27. The van der Waals surface area contributed by atoms with Gasteiger partial charge in [0.05, 0.1) is 17.7 Å². The third-order valence-corrected chi connectivity index (χ3v) is 3.77. The van der Waals surface area contributed by atoms with Crippen molar-refractivity contribution in [1.82, 2.24) is 10.2 Å². The maximum Gasteiger partial charge on any atom is 0.262 e. The van der Waals surface area contributed by atoms with Crippen LogP contribution in [0, 0.1) is 0 Å². The van der Waals surface area contributed by atoms with E-state index in [1.165, 1.54) is 18.2 Å². The summed E-state index contributed by atoms with van der Waals surface area (Å²) in [5.74, 6) is -1.86. The van der Waals surface area contributed by atoms with Crippen LogP contribution in [0.2, 0.25) is 0 Å². The van der Waals surface area contributed by atoms with Gasteiger partial charge in [-0.3, -0.25) is 29.4 Å². The van der Waals surface area contributed by atoms with E-state index in [1.807, 2.05) is 0 Å². The van der Waals surface area contributed by atoms with E-state index in [-0.39, 0.29) is 37.2 Å². The van der Waals surface area contributed by atoms with Crippen molar-refractivity contribution in [2.45, 2.75) is 18.9 Å². The van der Waals surface area contributed by atoms with Crippen molar-refractivity contribution in [3.05, 3.63) is 29.3 Å². The molecule has 1 saturated heterocycles. The van der Waals surface area contributed by atoms with Gasteiger partial charge in [0.15, 0.2) is 0 Å². The topological polar surface area (TPSA) is 113 Å². The molecule has 4 amide bonds. The minimum absolute atomic E-state index is 0.0672. The van der Waals surface area contributed by atoms with E-state index in [9.17, 15) is 19.2 Å². The number of benzene rings is 1. The summed E-state index contributed by atoms with van der Waals surface area (Å²) in [7, 11) is 0. The van der Waals surface area contributed by atoms with E-state index < -0.39 is 29.7 Å². The first kappa shape index (κ1) is 15.2. The van der Waals surface area contributed by atoms with Crippen LogP contribution in [0.15, 0.2) is 18.2 Å². The van der Waals surface area contributed by atoms with Gasteiger partial charge in [-0.15, -0.1) is 0 Å². The van der Waals surface area contributed by atoms with Crippen LogP contribution in [0.4, 0.5) is 0 Å². The van der Waals surface area contributed by atoms with Gasteiger partial charge in [0, 0.05) is 6.42 Å². The molecule has 2 N–H and O–H groups in total. The molecule has 8 heteroatoms. The number of carbonyl (C=O) groups excluding carboxylic acids is 4. The van der Waals surface area contributed by atoms with Gasteiger partial charge in [-0.25, -0.2) is 0 Å². The summed E-state index contributed by atoms with van der Waals surface area (Å²) >= 11 is 0. The Balaban J connectivity index is 1.88. The molecule has 0 radical (unpaired) electrons. The molecule has 1 aromatic rings. The lowest BCUT2D eigenvalue weighted by atomic mass is 10.0. The number of piperidine rings is 1. The van der Waals surface area contributed by atoms with Gasteiger partial charge >= 0.3 is 0 Å². The smallest absolute Gasteiger partial charge is 0.262 e. The Morgan fingerprint density at radius 3 is 2.61 bits per heavy atom. The van der Waals surface area contributed by atoms with Crippen LogP contribution < -0.4 is 10.1 Å². The Kier molecular flexibility index (Phi) is 3.83. The zero-order valence-electron chi connectivity index (χ0n) is 12.1. The predicted octanol–water partition coefficient (Wildman–Crippen LogP) is -0.541. The molecule has 2 heterocycles. The molecule has 2 aliphatic heterocycles. The molecule has 1 fully saturated rings. The van der Waals surface area contributed by atoms with E-state index >= 15 is 0 Å². The molecular weight excluding hydrogens is 304 g/mol. The van der Waals surface area contributed by atoms with E-state index in [0.717, 1.165) is 4.90 Å². The molecule has 0 spiro atoms. The first-order chi connectivity index (χ1) is 11.0. The minimum Gasteiger partial charge on any atom is -0.491 e. The van der Waals surface area contributed by atoms with Crippen molar-refractivity contribution >= 4 is 23.6 Å². The summed E-state index contributed by atoms with van der Waals surface area (Å²) < 4.78 is 5.22. The van der Waals surface area contributed by atoms with Crippen LogP contribution in [-0.4, -0.2) is 52.9 Å². The van der Waals surface area contributed by atoms with Gasteiger partial charge in [-0.2, -0.15) is 0 Å². The second-order valence-electron chi connectivity index (χ2n) is 5.23. The molecular formula is C15H14N2O6. The van der Waals surface area contributed by atoms with Gasteiger partial charge in [-0.05, 0) is 24.6 Å². The minimum atomic E-state index is -0.984. The Hall–Kier alpha value is -2.74. The summed E-state index contributed by atoms with van der Waals surface area (Å²) in [4.78, 5) is 48.9. The zero-order chi connectivity index (χ0) is 16.6. The van der Waals surface area contributed by atoms with Gasteiger partial charge in [0.25, 0.3) is 11.8 Å². The molecule has 0 bridgehead atoms. The Morgan fingerprint density at radius 1 is 1.17 bits per heavy atom. The van der Waals surface area contributed by atoms with Crippen LogP contribution in [0.1, 0.15) is 33.6 Å². The van der Waals surface area contributed by atoms with Crippen molar-refractivity contribution in [2.24, 2.45) is 0 Å². The van der Waals surface area contributed by atoms with Crippen molar-refractivity contribution < 1.29 is 29.0 Å². The van der Waals surface area contributed by atoms with Crippen molar-refractivity contribution in [1.29, 1.82) is 0 Å². The molecule has 23 heavy (non-hydrogen) atoms. The van der Waals surface area contributed by atoms with Crippen LogP contribution >= 0.6 is 0 Å². The highest BCUT2D eigenvalue weighted by molar-refractivity contribution is 6.23. The second-order valence-corrected chi connectivity index (χ2v) is 5.23. The summed E-state index contributed by atoms with van der Waals surface area (Å²) in [5.41, 5.74) is 0.339. The number of fused-ring (bicyclic) bond motifs is 1. The van der Waals surface area contributed by atoms with Gasteiger partial charge in [0.2, 0.25) is 11.8 Å². The Bertz CT molecular complexity index is 714. The van der Waals surface area contributed by atoms with Crippen molar-refractivity contribution in [3.63, 3.8) is 0 Å². The lowest BCUT2D eigenvalue weighted by molar-refractivity contribution is -0.136. The summed E-state index contributed by atoms with van der Waals surface area (Å²) in [6.07, 6.45) is 0.193. The normalized spacial score (nSPS) is 20.6. The average Bonchev–Trinajstić information content (AvgIpc) is 2.77. The number of amides is 4. The molecule has 0 saturated carbocycles. The van der Waals surface area contributed by atoms with Crippen LogP contribution in [0.5, 0.6) is 5.75 Å². The van der Waals surface area contributed by atoms with Crippen LogP contribution in [0.25, 0.3) is 0 Å². The van der Waals surface area contributed by atoms with Crippen molar-refractivity contribution in [2.75, 3.05) is 13.2 Å². The quantitative estimate of drug-likeness (QED) is 0.721.